The number of phosphoric acid groups is 2. The van der Waals surface area contributed by atoms with Crippen molar-refractivity contribution in [3.05, 3.63) is 16.7 Å². The van der Waals surface area contributed by atoms with Crippen molar-refractivity contribution in [1.82, 2.24) is 19.5 Å². The number of fused-ring (bicyclic) bond motifs is 1. The number of carbonyl (C=O) groups is 1. The standard InChI is InChI=1S/C16H25N5O16P2/c17-16-19-13-8(14(29)20-16)18-4-21(13)15-12(28)11(27)7(35-15)3-34-39(33,37-38(30,31)32)36-6(2-23)10(26)9(25)5(24)1-22/h1,4-7,9-12,15,23-28H,2-3H2,(H2,30,31,32)(H3,17,19,20,29)/t5-,6-,7-,9-,10-,11-,12-,15-,39?/m1/s1. The Bertz CT molecular complexity index is 1320. The molecule has 1 fully saturated rings. The number of phosphoric ester groups is 1. The van der Waals surface area contributed by atoms with Crippen LogP contribution in [0, 0.1) is 0 Å². The first-order chi connectivity index (χ1) is 18.1. The number of anilines is 1. The van der Waals surface area contributed by atoms with Gasteiger partial charge in [-0.3, -0.25) is 23.4 Å². The van der Waals surface area contributed by atoms with Crippen molar-refractivity contribution in [2.75, 3.05) is 18.9 Å². The Labute approximate surface area is 216 Å². The quantitative estimate of drug-likeness (QED) is 0.0756. The predicted molar refractivity (Wildman–Crippen MR) is 121 cm³/mol. The van der Waals surface area contributed by atoms with E-state index in [2.05, 4.69) is 19.3 Å². The fourth-order valence-electron chi connectivity index (χ4n) is 3.47. The van der Waals surface area contributed by atoms with Crippen LogP contribution in [0.25, 0.3) is 11.2 Å². The van der Waals surface area contributed by atoms with E-state index < -0.39 is 83.4 Å². The Morgan fingerprint density at radius 2 is 1.87 bits per heavy atom. The molecule has 1 saturated heterocycles. The largest absolute Gasteiger partial charge is 0.484 e. The summed E-state index contributed by atoms with van der Waals surface area (Å²) in [6, 6.07) is 0. The summed E-state index contributed by atoms with van der Waals surface area (Å²) in [5.41, 5.74) is 4.45. The van der Waals surface area contributed by atoms with Crippen LogP contribution >= 0.6 is 15.6 Å². The lowest BCUT2D eigenvalue weighted by Gasteiger charge is -2.29. The Hall–Kier alpha value is -2.20. The first-order valence-electron chi connectivity index (χ1n) is 10.6. The number of aldehydes is 1. The van der Waals surface area contributed by atoms with Gasteiger partial charge < -0.3 is 55.7 Å². The van der Waals surface area contributed by atoms with Gasteiger partial charge in [0.05, 0.1) is 19.5 Å². The fraction of sp³-hybridized carbons (Fsp3) is 0.625. The topological polar surface area (TPSA) is 340 Å². The highest BCUT2D eigenvalue weighted by molar-refractivity contribution is 7.61. The normalized spacial score (nSPS) is 26.7. The van der Waals surface area contributed by atoms with Gasteiger partial charge in [-0.25, -0.2) is 14.1 Å². The summed E-state index contributed by atoms with van der Waals surface area (Å²) in [4.78, 5) is 50.8. The van der Waals surface area contributed by atoms with Crippen molar-refractivity contribution in [2.24, 2.45) is 0 Å². The number of nitrogens with zero attached hydrogens (tertiary/aromatic N) is 3. The number of H-pyrrole nitrogens is 1. The molecule has 23 heteroatoms. The monoisotopic (exact) mass is 605 g/mol. The highest BCUT2D eigenvalue weighted by Crippen LogP contribution is 2.62. The summed E-state index contributed by atoms with van der Waals surface area (Å²) in [5.74, 6) is -0.304. The molecule has 0 spiro atoms. The number of nitrogens with one attached hydrogen (secondary N) is 1. The van der Waals surface area contributed by atoms with Crippen LogP contribution in [0.2, 0.25) is 0 Å². The number of hydrogen-bond donors (Lipinski definition) is 10. The molecule has 1 aliphatic rings. The van der Waals surface area contributed by atoms with Gasteiger partial charge >= 0.3 is 15.6 Å². The van der Waals surface area contributed by atoms with E-state index in [1.807, 2.05) is 0 Å². The van der Waals surface area contributed by atoms with Gasteiger partial charge in [0.2, 0.25) is 5.95 Å². The van der Waals surface area contributed by atoms with Gasteiger partial charge in [-0.1, -0.05) is 0 Å². The van der Waals surface area contributed by atoms with Gasteiger partial charge in [-0.15, -0.1) is 0 Å². The Kier molecular flexibility index (Phi) is 9.74. The van der Waals surface area contributed by atoms with Crippen molar-refractivity contribution in [2.45, 2.75) is 49.0 Å². The Morgan fingerprint density at radius 3 is 2.46 bits per heavy atom. The third-order valence-corrected chi connectivity index (χ3v) is 7.98. The second-order valence-electron chi connectivity index (χ2n) is 8.07. The highest BCUT2D eigenvalue weighted by Gasteiger charge is 2.48. The third-order valence-electron chi connectivity index (χ3n) is 5.33. The summed E-state index contributed by atoms with van der Waals surface area (Å²) in [7, 11) is -11.2. The lowest BCUT2D eigenvalue weighted by atomic mass is 10.0. The molecule has 220 valence electrons. The summed E-state index contributed by atoms with van der Waals surface area (Å²) in [5, 5.41) is 59.5. The fourth-order valence-corrected chi connectivity index (χ4v) is 5.76. The van der Waals surface area contributed by atoms with Crippen molar-refractivity contribution < 1.29 is 72.4 Å². The van der Waals surface area contributed by atoms with Crippen LogP contribution in [-0.2, 0) is 32.0 Å². The zero-order valence-electron chi connectivity index (χ0n) is 19.3. The van der Waals surface area contributed by atoms with E-state index in [-0.39, 0.29) is 23.4 Å². The van der Waals surface area contributed by atoms with Gasteiger partial charge in [0.25, 0.3) is 5.56 Å². The zero-order chi connectivity index (χ0) is 29.3. The summed E-state index contributed by atoms with van der Waals surface area (Å²) in [6.45, 7) is -2.36. The molecule has 1 aliphatic heterocycles. The molecule has 21 nitrogen and oxygen atoms in total. The average molecular weight is 605 g/mol. The molecule has 0 aliphatic carbocycles. The van der Waals surface area contributed by atoms with Gasteiger partial charge in [0.15, 0.2) is 23.7 Å². The van der Waals surface area contributed by atoms with E-state index in [4.69, 9.17) is 29.3 Å². The van der Waals surface area contributed by atoms with Crippen LogP contribution in [0.5, 0.6) is 0 Å². The van der Waals surface area contributed by atoms with Gasteiger partial charge in [0.1, 0.15) is 42.7 Å². The number of aliphatic hydroxyl groups excluding tert-OH is 6. The lowest BCUT2D eigenvalue weighted by Crippen LogP contribution is -2.47. The predicted octanol–water partition coefficient (Wildman–Crippen LogP) is -4.79. The molecule has 1 unspecified atom stereocenters. The molecule has 2 aromatic heterocycles. The summed E-state index contributed by atoms with van der Waals surface area (Å²) in [6.07, 6.45) is -14.9. The number of imidazole rings is 1. The summed E-state index contributed by atoms with van der Waals surface area (Å²) < 4.78 is 44.5. The minimum absolute atomic E-state index is 0.149. The van der Waals surface area contributed by atoms with E-state index >= 15 is 0 Å². The average Bonchev–Trinajstić information content (AvgIpc) is 3.39. The van der Waals surface area contributed by atoms with Crippen LogP contribution in [0.1, 0.15) is 6.23 Å². The molecule has 0 radical (unpaired) electrons. The van der Waals surface area contributed by atoms with Crippen LogP contribution in [0.4, 0.5) is 5.95 Å². The number of ether oxygens (including phenoxy) is 1. The molecule has 9 atom stereocenters. The molecular formula is C16H25N5O16P2. The molecule has 0 aromatic carbocycles. The number of aromatic nitrogens is 4. The number of nitrogen functional groups attached to an aromatic ring is 1. The molecule has 0 bridgehead atoms. The van der Waals surface area contributed by atoms with Gasteiger partial charge in [-0.2, -0.15) is 9.29 Å². The minimum Gasteiger partial charge on any atom is -0.394 e. The summed E-state index contributed by atoms with van der Waals surface area (Å²) >= 11 is 0. The minimum atomic E-state index is -5.67. The number of carbonyl (C=O) groups excluding carboxylic acids is 1. The number of aromatic amines is 1. The Morgan fingerprint density at radius 1 is 1.21 bits per heavy atom. The van der Waals surface area contributed by atoms with Crippen LogP contribution in [0.15, 0.2) is 11.1 Å². The zero-order valence-corrected chi connectivity index (χ0v) is 21.1. The van der Waals surface area contributed by atoms with Crippen molar-refractivity contribution in [3.63, 3.8) is 0 Å². The van der Waals surface area contributed by atoms with E-state index in [0.717, 1.165) is 10.9 Å². The SMILES string of the molecule is Nc1nc2c(ncn2[C@@H]2O[C@H](COP(=O)(O[C@H](CO)[C@@H](O)[C@H](O)[C@H](O)C=O)OP(=O)(O)O)[C@@H](O)[C@H]2O)c(=O)[nH]1. The maximum Gasteiger partial charge on any atom is 0.484 e. The van der Waals surface area contributed by atoms with Gasteiger partial charge in [-0.05, 0) is 0 Å². The first-order valence-corrected chi connectivity index (χ1v) is 13.6. The van der Waals surface area contributed by atoms with Crippen LogP contribution in [0.3, 0.4) is 0 Å². The number of aliphatic hydroxyl groups is 6. The molecule has 3 heterocycles. The van der Waals surface area contributed by atoms with Crippen LogP contribution < -0.4 is 11.3 Å². The number of nitrogens with two attached hydrogens (primary N) is 1. The number of rotatable bonds is 13. The van der Waals surface area contributed by atoms with Crippen LogP contribution in [-0.4, -0.2) is 122 Å². The second-order valence-corrected chi connectivity index (χ2v) is 11.1. The van der Waals surface area contributed by atoms with Crippen molar-refractivity contribution in [3.8, 4) is 0 Å². The van der Waals surface area contributed by atoms with Crippen molar-refractivity contribution in [1.29, 1.82) is 0 Å². The van der Waals surface area contributed by atoms with E-state index in [9.17, 15) is 49.4 Å². The maximum atomic E-state index is 13.0. The van der Waals surface area contributed by atoms with Gasteiger partial charge in [0, 0.05) is 0 Å². The van der Waals surface area contributed by atoms with E-state index in [0.29, 0.717) is 0 Å². The second kappa shape index (κ2) is 12.1. The molecule has 3 rings (SSSR count). The smallest absolute Gasteiger partial charge is 0.394 e. The molecule has 11 N–H and O–H groups in total. The maximum absolute atomic E-state index is 13.0. The lowest BCUT2D eigenvalue weighted by molar-refractivity contribution is -0.135. The molecule has 39 heavy (non-hydrogen) atoms. The first kappa shape index (κ1) is 31.3. The highest BCUT2D eigenvalue weighted by atomic mass is 31.3. The van der Waals surface area contributed by atoms with E-state index in [1.54, 1.807) is 0 Å². The Balaban J connectivity index is 1.81. The molecular weight excluding hydrogens is 580 g/mol. The third kappa shape index (κ3) is 7.12. The molecule has 0 amide bonds. The molecule has 0 saturated carbocycles. The molecule has 2 aromatic rings. The number of hydrogen-bond acceptors (Lipinski definition) is 17. The van der Waals surface area contributed by atoms with E-state index in [1.165, 1.54) is 0 Å². The van der Waals surface area contributed by atoms with Crippen molar-refractivity contribution >= 4 is 39.0 Å².